The van der Waals surface area contributed by atoms with E-state index < -0.39 is 17.6 Å². The first-order chi connectivity index (χ1) is 9.81. The van der Waals surface area contributed by atoms with Crippen molar-refractivity contribution in [2.75, 3.05) is 0 Å². The number of halogens is 5. The van der Waals surface area contributed by atoms with Crippen LogP contribution >= 0.6 is 11.6 Å². The highest BCUT2D eigenvalue weighted by Crippen LogP contribution is 2.35. The zero-order chi connectivity index (χ0) is 15.6. The zero-order valence-electron chi connectivity index (χ0n) is 10.5. The summed E-state index contributed by atoms with van der Waals surface area (Å²) in [6, 6.07) is 6.41. The van der Waals surface area contributed by atoms with Crippen molar-refractivity contribution in [3.05, 3.63) is 58.4 Å². The molecule has 0 radical (unpaired) electrons. The van der Waals surface area contributed by atoms with Crippen molar-refractivity contribution in [1.82, 2.24) is 0 Å². The van der Waals surface area contributed by atoms with E-state index in [0.717, 1.165) is 30.3 Å². The Bertz CT molecular complexity index is 658. The Morgan fingerprint density at radius 3 is 2.29 bits per heavy atom. The van der Waals surface area contributed by atoms with Gasteiger partial charge in [0.2, 0.25) is 0 Å². The largest absolute Gasteiger partial charge is 0.455 e. The molecule has 21 heavy (non-hydrogen) atoms. The zero-order valence-corrected chi connectivity index (χ0v) is 11.3. The van der Waals surface area contributed by atoms with Crippen LogP contribution in [0.3, 0.4) is 0 Å². The molecule has 0 aromatic heterocycles. The first-order valence-electron chi connectivity index (χ1n) is 5.84. The standard InChI is InChI=1S/C14H10ClF4NO/c15-11-6-10(16)2-4-13(11)21-12-3-1-9(14(17,18)19)5-8(12)7-20/h1-6H,7,20H2. The van der Waals surface area contributed by atoms with E-state index in [0.29, 0.717) is 0 Å². The summed E-state index contributed by atoms with van der Waals surface area (Å²) in [6.07, 6.45) is -4.46. The average Bonchev–Trinajstić information content (AvgIpc) is 2.41. The number of hydrogen-bond acceptors (Lipinski definition) is 2. The summed E-state index contributed by atoms with van der Waals surface area (Å²) in [7, 11) is 0. The SMILES string of the molecule is NCc1cc(C(F)(F)F)ccc1Oc1ccc(F)cc1Cl. The maximum Gasteiger partial charge on any atom is 0.416 e. The van der Waals surface area contributed by atoms with Crippen LogP contribution in [0.1, 0.15) is 11.1 Å². The van der Waals surface area contributed by atoms with Crippen LogP contribution in [0.5, 0.6) is 11.5 Å². The third-order valence-corrected chi connectivity index (χ3v) is 3.02. The molecule has 2 aromatic rings. The summed E-state index contributed by atoms with van der Waals surface area (Å²) in [6.45, 7) is -0.141. The molecule has 0 bridgehead atoms. The molecule has 0 fully saturated rings. The normalized spacial score (nSPS) is 11.5. The van der Waals surface area contributed by atoms with Crippen LogP contribution in [-0.4, -0.2) is 0 Å². The third-order valence-electron chi connectivity index (χ3n) is 2.72. The second kappa shape index (κ2) is 5.91. The third kappa shape index (κ3) is 3.65. The van der Waals surface area contributed by atoms with E-state index in [9.17, 15) is 17.6 Å². The average molecular weight is 320 g/mol. The number of rotatable bonds is 3. The second-order valence-corrected chi connectivity index (χ2v) is 4.61. The van der Waals surface area contributed by atoms with Gasteiger partial charge in [-0.3, -0.25) is 0 Å². The van der Waals surface area contributed by atoms with E-state index in [4.69, 9.17) is 22.1 Å². The molecule has 0 heterocycles. The molecule has 2 nitrogen and oxygen atoms in total. The van der Waals surface area contributed by atoms with Crippen LogP contribution in [-0.2, 0) is 12.7 Å². The van der Waals surface area contributed by atoms with Gasteiger partial charge in [-0.15, -0.1) is 0 Å². The minimum Gasteiger partial charge on any atom is -0.455 e. The Hall–Kier alpha value is -1.79. The second-order valence-electron chi connectivity index (χ2n) is 4.20. The van der Waals surface area contributed by atoms with Gasteiger partial charge >= 0.3 is 6.18 Å². The van der Waals surface area contributed by atoms with Crippen LogP contribution in [0, 0.1) is 5.82 Å². The first kappa shape index (κ1) is 15.6. The van der Waals surface area contributed by atoms with Crippen molar-refractivity contribution in [2.24, 2.45) is 5.73 Å². The lowest BCUT2D eigenvalue weighted by atomic mass is 10.1. The van der Waals surface area contributed by atoms with E-state index in [2.05, 4.69) is 0 Å². The van der Waals surface area contributed by atoms with E-state index in [1.54, 1.807) is 0 Å². The molecule has 2 aromatic carbocycles. The molecule has 2 N–H and O–H groups in total. The summed E-state index contributed by atoms with van der Waals surface area (Å²) in [5.41, 5.74) is 4.79. The summed E-state index contributed by atoms with van der Waals surface area (Å²) < 4.78 is 56.2. The van der Waals surface area contributed by atoms with Crippen molar-refractivity contribution in [1.29, 1.82) is 0 Å². The lowest BCUT2D eigenvalue weighted by Crippen LogP contribution is -2.08. The fourth-order valence-corrected chi connectivity index (χ4v) is 1.90. The number of ether oxygens (including phenoxy) is 1. The highest BCUT2D eigenvalue weighted by atomic mass is 35.5. The Labute approximate surface area is 123 Å². The molecule has 0 atom stereocenters. The molecule has 7 heteroatoms. The quantitative estimate of drug-likeness (QED) is 0.829. The van der Waals surface area contributed by atoms with Crippen molar-refractivity contribution in [2.45, 2.75) is 12.7 Å². The van der Waals surface area contributed by atoms with Gasteiger partial charge in [0.25, 0.3) is 0 Å². The van der Waals surface area contributed by atoms with Gasteiger partial charge in [-0.25, -0.2) is 4.39 Å². The predicted octanol–water partition coefficient (Wildman–Crippen LogP) is 4.75. The Kier molecular flexibility index (Phi) is 4.39. The molecule has 2 rings (SSSR count). The molecule has 112 valence electrons. The van der Waals surface area contributed by atoms with Gasteiger partial charge in [0, 0.05) is 12.1 Å². The molecule has 0 aliphatic heterocycles. The number of alkyl halides is 3. The molecule has 0 amide bonds. The van der Waals surface area contributed by atoms with Gasteiger partial charge in [-0.1, -0.05) is 11.6 Å². The van der Waals surface area contributed by atoms with Crippen molar-refractivity contribution < 1.29 is 22.3 Å². The van der Waals surface area contributed by atoms with Gasteiger partial charge in [0.15, 0.2) is 0 Å². The molecular formula is C14H10ClF4NO. The number of nitrogens with two attached hydrogens (primary N) is 1. The number of hydrogen-bond donors (Lipinski definition) is 1. The van der Waals surface area contributed by atoms with Crippen LogP contribution in [0.25, 0.3) is 0 Å². The Morgan fingerprint density at radius 1 is 1.05 bits per heavy atom. The maximum absolute atomic E-state index is 12.9. The van der Waals surface area contributed by atoms with Crippen LogP contribution in [0.4, 0.5) is 17.6 Å². The van der Waals surface area contributed by atoms with E-state index in [1.165, 1.54) is 6.07 Å². The van der Waals surface area contributed by atoms with E-state index >= 15 is 0 Å². The van der Waals surface area contributed by atoms with Gasteiger partial charge in [0.1, 0.15) is 17.3 Å². The van der Waals surface area contributed by atoms with Crippen molar-refractivity contribution in [3.63, 3.8) is 0 Å². The number of benzene rings is 2. The summed E-state index contributed by atoms with van der Waals surface area (Å²) in [5.74, 6) is -0.273. The Balaban J connectivity index is 2.36. The predicted molar refractivity (Wildman–Crippen MR) is 70.8 cm³/mol. The van der Waals surface area contributed by atoms with E-state index in [-0.39, 0.29) is 28.6 Å². The Morgan fingerprint density at radius 2 is 1.71 bits per heavy atom. The fourth-order valence-electron chi connectivity index (χ4n) is 1.69. The highest BCUT2D eigenvalue weighted by Gasteiger charge is 2.31. The van der Waals surface area contributed by atoms with Gasteiger partial charge < -0.3 is 10.5 Å². The molecule has 0 unspecified atom stereocenters. The summed E-state index contributed by atoms with van der Waals surface area (Å²) in [4.78, 5) is 0. The molecule has 0 aliphatic rings. The van der Waals surface area contributed by atoms with Crippen LogP contribution in [0.2, 0.25) is 5.02 Å². The van der Waals surface area contributed by atoms with Crippen molar-refractivity contribution >= 4 is 11.6 Å². The molecular weight excluding hydrogens is 310 g/mol. The molecule has 0 saturated carbocycles. The molecule has 0 aliphatic carbocycles. The summed E-state index contributed by atoms with van der Waals surface area (Å²) >= 11 is 5.80. The minimum atomic E-state index is -4.46. The van der Waals surface area contributed by atoms with Crippen LogP contribution < -0.4 is 10.5 Å². The molecule has 0 spiro atoms. The smallest absolute Gasteiger partial charge is 0.416 e. The highest BCUT2D eigenvalue weighted by molar-refractivity contribution is 6.32. The van der Waals surface area contributed by atoms with Gasteiger partial charge in [-0.05, 0) is 36.4 Å². The van der Waals surface area contributed by atoms with Gasteiger partial charge in [0.05, 0.1) is 10.6 Å². The lowest BCUT2D eigenvalue weighted by Gasteiger charge is -2.14. The lowest BCUT2D eigenvalue weighted by molar-refractivity contribution is -0.137. The molecule has 0 saturated heterocycles. The van der Waals surface area contributed by atoms with E-state index in [1.807, 2.05) is 0 Å². The van der Waals surface area contributed by atoms with Crippen LogP contribution in [0.15, 0.2) is 36.4 Å². The monoisotopic (exact) mass is 319 g/mol. The minimum absolute atomic E-state index is 0.0119. The fraction of sp³-hybridized carbons (Fsp3) is 0.143. The maximum atomic E-state index is 12.9. The first-order valence-corrected chi connectivity index (χ1v) is 6.22. The van der Waals surface area contributed by atoms with Crippen molar-refractivity contribution in [3.8, 4) is 11.5 Å². The van der Waals surface area contributed by atoms with Gasteiger partial charge in [-0.2, -0.15) is 13.2 Å². The topological polar surface area (TPSA) is 35.2 Å². The summed E-state index contributed by atoms with van der Waals surface area (Å²) in [5, 5.41) is 0.0119.